The third kappa shape index (κ3) is 6.01. The van der Waals surface area contributed by atoms with E-state index < -0.39 is 11.6 Å². The monoisotopic (exact) mass is 588 g/mol. The van der Waals surface area contributed by atoms with Gasteiger partial charge in [-0.25, -0.2) is 13.8 Å². The molecule has 10 nitrogen and oxygen atoms in total. The van der Waals surface area contributed by atoms with Crippen molar-refractivity contribution in [2.75, 3.05) is 43.1 Å². The van der Waals surface area contributed by atoms with E-state index in [1.807, 2.05) is 6.07 Å². The molecule has 5 heterocycles. The lowest BCUT2D eigenvalue weighted by atomic mass is 9.90. The van der Waals surface area contributed by atoms with Gasteiger partial charge >= 0.3 is 0 Å². The molecule has 2 saturated heterocycles. The zero-order chi connectivity index (χ0) is 29.9. The van der Waals surface area contributed by atoms with Crippen molar-refractivity contribution in [2.24, 2.45) is 11.7 Å². The number of nitrogens with zero attached hydrogens (tertiary/aromatic N) is 6. The maximum atomic E-state index is 15.4. The lowest BCUT2D eigenvalue weighted by Crippen LogP contribution is -2.56. The van der Waals surface area contributed by atoms with Gasteiger partial charge in [0.05, 0.1) is 65.7 Å². The second kappa shape index (κ2) is 12.6. The highest BCUT2D eigenvalue weighted by Gasteiger charge is 2.34. The van der Waals surface area contributed by atoms with Gasteiger partial charge < -0.3 is 25.4 Å². The highest BCUT2D eigenvalue weighted by atomic mass is 19.1. The topological polar surface area (TPSA) is 127 Å². The molecule has 0 bridgehead atoms. The van der Waals surface area contributed by atoms with E-state index in [1.54, 1.807) is 30.7 Å². The van der Waals surface area contributed by atoms with Gasteiger partial charge in [0, 0.05) is 44.5 Å². The number of rotatable bonds is 8. The van der Waals surface area contributed by atoms with Crippen LogP contribution in [0.15, 0.2) is 48.9 Å². The first-order valence-electron chi connectivity index (χ1n) is 14.5. The predicted molar refractivity (Wildman–Crippen MR) is 158 cm³/mol. The summed E-state index contributed by atoms with van der Waals surface area (Å²) in [6, 6.07) is 9.91. The SMILES string of the molecule is CC1CN(c2ccncc2Nc2ncc3ccc(-c4c(F)cc(C5CCOCC5)cc4F)nn23)CC(N)C1OCCC#N. The molecule has 2 aliphatic rings. The fraction of sp³-hybridized carbons (Fsp3) is 0.419. The van der Waals surface area contributed by atoms with E-state index in [1.165, 1.54) is 16.6 Å². The molecule has 0 radical (unpaired) electrons. The molecular formula is C31H34F2N8O2. The summed E-state index contributed by atoms with van der Waals surface area (Å²) in [5.41, 5.74) is 9.35. The Balaban J connectivity index is 1.26. The third-order valence-corrected chi connectivity index (χ3v) is 8.23. The minimum Gasteiger partial charge on any atom is -0.381 e. The number of halogens is 2. The van der Waals surface area contributed by atoms with E-state index in [0.29, 0.717) is 62.0 Å². The van der Waals surface area contributed by atoms with Gasteiger partial charge in [0.1, 0.15) is 11.6 Å². The van der Waals surface area contributed by atoms with Crippen LogP contribution in [0, 0.1) is 28.9 Å². The average Bonchev–Trinajstić information content (AvgIpc) is 3.40. The summed E-state index contributed by atoms with van der Waals surface area (Å²) in [7, 11) is 0. The molecule has 224 valence electrons. The molecule has 43 heavy (non-hydrogen) atoms. The molecule has 3 aromatic heterocycles. The largest absolute Gasteiger partial charge is 0.381 e. The number of nitrogens with one attached hydrogen (secondary N) is 1. The van der Waals surface area contributed by atoms with Gasteiger partial charge in [-0.15, -0.1) is 0 Å². The quantitative estimate of drug-likeness (QED) is 0.279. The summed E-state index contributed by atoms with van der Waals surface area (Å²) in [6.45, 7) is 4.86. The molecule has 3 atom stereocenters. The molecule has 0 aliphatic carbocycles. The zero-order valence-corrected chi connectivity index (χ0v) is 23.9. The molecule has 1 aromatic carbocycles. The van der Waals surface area contributed by atoms with E-state index in [-0.39, 0.29) is 35.2 Å². The van der Waals surface area contributed by atoms with Crippen molar-refractivity contribution in [3.63, 3.8) is 0 Å². The number of benzene rings is 1. The van der Waals surface area contributed by atoms with Crippen LogP contribution in [0.5, 0.6) is 0 Å². The number of hydrogen-bond donors (Lipinski definition) is 2. The summed E-state index contributed by atoms with van der Waals surface area (Å²) < 4.78 is 43.6. The van der Waals surface area contributed by atoms with Crippen molar-refractivity contribution >= 4 is 22.8 Å². The van der Waals surface area contributed by atoms with E-state index in [9.17, 15) is 0 Å². The van der Waals surface area contributed by atoms with Crippen molar-refractivity contribution in [3.05, 3.63) is 66.1 Å². The van der Waals surface area contributed by atoms with Gasteiger partial charge in [-0.05, 0) is 54.7 Å². The van der Waals surface area contributed by atoms with Crippen LogP contribution in [0.1, 0.15) is 37.7 Å². The average molecular weight is 589 g/mol. The Hall–Kier alpha value is -4.18. The fourth-order valence-electron chi connectivity index (χ4n) is 6.12. The lowest BCUT2D eigenvalue weighted by Gasteiger charge is -2.42. The second-order valence-electron chi connectivity index (χ2n) is 11.2. The first-order valence-corrected chi connectivity index (χ1v) is 14.5. The minimum absolute atomic E-state index is 0.0692. The van der Waals surface area contributed by atoms with Crippen LogP contribution < -0.4 is 16.0 Å². The molecule has 0 saturated carbocycles. The van der Waals surface area contributed by atoms with Crippen LogP contribution in [0.3, 0.4) is 0 Å². The van der Waals surface area contributed by atoms with Crippen molar-refractivity contribution in [3.8, 4) is 17.3 Å². The normalized spacial score (nSPS) is 21.2. The zero-order valence-electron chi connectivity index (χ0n) is 23.9. The third-order valence-electron chi connectivity index (χ3n) is 8.23. The van der Waals surface area contributed by atoms with Gasteiger partial charge in [0.2, 0.25) is 5.95 Å². The number of nitrogens with two attached hydrogens (primary N) is 1. The number of pyridine rings is 1. The Kier molecular flexibility index (Phi) is 8.47. The minimum atomic E-state index is -0.650. The summed E-state index contributed by atoms with van der Waals surface area (Å²) in [5, 5.41) is 16.7. The number of aromatic nitrogens is 4. The number of nitriles is 1. The Morgan fingerprint density at radius 3 is 2.67 bits per heavy atom. The molecule has 2 aliphatic heterocycles. The van der Waals surface area contributed by atoms with Gasteiger partial charge in [0.25, 0.3) is 0 Å². The van der Waals surface area contributed by atoms with Crippen molar-refractivity contribution in [2.45, 2.75) is 44.2 Å². The van der Waals surface area contributed by atoms with Gasteiger partial charge in [0.15, 0.2) is 0 Å². The van der Waals surface area contributed by atoms with Crippen LogP contribution >= 0.6 is 0 Å². The molecule has 4 aromatic rings. The molecule has 3 N–H and O–H groups in total. The van der Waals surface area contributed by atoms with Gasteiger partial charge in [-0.1, -0.05) is 6.92 Å². The standard InChI is InChI=1S/C31H34F2N8O2/c1-19-17-40(18-25(35)30(19)43-10-2-8-34)28-5-9-36-16-27(28)38-31-37-15-22-3-4-26(39-41(22)31)29-23(32)13-21(14-24(29)33)20-6-11-42-12-7-20/h3-5,9,13-16,19-20,25,30H,2,6-7,10-12,17-18,35H2,1H3,(H,37,38). The summed E-state index contributed by atoms with van der Waals surface area (Å²) in [5.74, 6) is -0.730. The smallest absolute Gasteiger partial charge is 0.229 e. The highest BCUT2D eigenvalue weighted by molar-refractivity contribution is 5.74. The summed E-state index contributed by atoms with van der Waals surface area (Å²) >= 11 is 0. The van der Waals surface area contributed by atoms with Crippen LogP contribution in [0.2, 0.25) is 0 Å². The number of piperidine rings is 1. The Morgan fingerprint density at radius 2 is 1.93 bits per heavy atom. The number of anilines is 3. The highest BCUT2D eigenvalue weighted by Crippen LogP contribution is 2.34. The van der Waals surface area contributed by atoms with E-state index in [0.717, 1.165) is 18.5 Å². The Labute approximate surface area is 248 Å². The first kappa shape index (κ1) is 28.9. The molecular weight excluding hydrogens is 554 g/mol. The molecule has 12 heteroatoms. The van der Waals surface area contributed by atoms with Crippen LogP contribution in [0.25, 0.3) is 16.8 Å². The second-order valence-corrected chi connectivity index (χ2v) is 11.2. The molecule has 3 unspecified atom stereocenters. The molecule has 0 spiro atoms. The Morgan fingerprint density at radius 1 is 1.14 bits per heavy atom. The van der Waals surface area contributed by atoms with Crippen molar-refractivity contribution < 1.29 is 18.3 Å². The molecule has 2 fully saturated rings. The fourth-order valence-corrected chi connectivity index (χ4v) is 6.12. The van der Waals surface area contributed by atoms with Gasteiger partial charge in [-0.3, -0.25) is 4.98 Å². The summed E-state index contributed by atoms with van der Waals surface area (Å²) in [4.78, 5) is 11.0. The van der Waals surface area contributed by atoms with E-state index in [2.05, 4.69) is 38.3 Å². The number of imidazole rings is 1. The maximum absolute atomic E-state index is 15.4. The predicted octanol–water partition coefficient (Wildman–Crippen LogP) is 4.79. The Bertz CT molecular complexity index is 1600. The number of hydrogen-bond acceptors (Lipinski definition) is 9. The maximum Gasteiger partial charge on any atom is 0.229 e. The van der Waals surface area contributed by atoms with E-state index >= 15 is 8.78 Å². The van der Waals surface area contributed by atoms with Crippen molar-refractivity contribution in [1.82, 2.24) is 19.6 Å². The summed E-state index contributed by atoms with van der Waals surface area (Å²) in [6.07, 6.45) is 6.70. The van der Waals surface area contributed by atoms with Crippen LogP contribution in [-0.2, 0) is 9.47 Å². The van der Waals surface area contributed by atoms with E-state index in [4.69, 9.17) is 20.5 Å². The lowest BCUT2D eigenvalue weighted by molar-refractivity contribution is -0.00331. The van der Waals surface area contributed by atoms with Crippen molar-refractivity contribution in [1.29, 1.82) is 5.26 Å². The molecule has 6 rings (SSSR count). The molecule has 0 amide bonds. The number of ether oxygens (including phenoxy) is 2. The van der Waals surface area contributed by atoms with Crippen LogP contribution in [0.4, 0.5) is 26.1 Å². The van der Waals surface area contributed by atoms with Gasteiger partial charge in [-0.2, -0.15) is 14.9 Å². The number of fused-ring (bicyclic) bond motifs is 1. The van der Waals surface area contributed by atoms with Crippen LogP contribution in [-0.4, -0.2) is 64.6 Å². The first-order chi connectivity index (χ1) is 20.9.